The van der Waals surface area contributed by atoms with Gasteiger partial charge in [0, 0.05) is 5.39 Å². The number of nitrogens with zero attached hydrogens (tertiary/aromatic N) is 2. The summed E-state index contributed by atoms with van der Waals surface area (Å²) in [5.41, 5.74) is 22.9. The first-order valence-corrected chi connectivity index (χ1v) is 5.29. The summed E-state index contributed by atoms with van der Waals surface area (Å²) in [5.74, 6) is -0.0241. The van der Waals surface area contributed by atoms with Gasteiger partial charge in [0.2, 0.25) is 0 Å². The first-order chi connectivity index (χ1) is 8.58. The van der Waals surface area contributed by atoms with Gasteiger partial charge in [-0.25, -0.2) is 9.98 Å². The van der Waals surface area contributed by atoms with Crippen LogP contribution in [0.2, 0.25) is 0 Å². The summed E-state index contributed by atoms with van der Waals surface area (Å²) < 4.78 is 0. The zero-order valence-electron chi connectivity index (χ0n) is 9.67. The Morgan fingerprint density at radius 3 is 1.56 bits per heavy atom. The third-order valence-corrected chi connectivity index (χ3v) is 2.36. The highest BCUT2D eigenvalue weighted by atomic mass is 15.0. The molecule has 0 unspecified atom stereocenters. The summed E-state index contributed by atoms with van der Waals surface area (Å²) in [4.78, 5) is 8.15. The maximum absolute atomic E-state index is 5.41. The molecule has 0 saturated carbocycles. The average Bonchev–Trinajstić information content (AvgIpc) is 2.27. The van der Waals surface area contributed by atoms with Crippen LogP contribution in [0.1, 0.15) is 0 Å². The molecule has 2 aromatic rings. The minimum atomic E-state index is -0.0120. The molecule has 0 aromatic heterocycles. The van der Waals surface area contributed by atoms with Gasteiger partial charge in [-0.05, 0) is 17.5 Å². The third kappa shape index (κ3) is 2.32. The number of fused-ring (bicyclic) bond motifs is 1. The maximum Gasteiger partial charge on any atom is 0.191 e. The summed E-state index contributed by atoms with van der Waals surface area (Å²) in [5, 5.41) is 1.77. The van der Waals surface area contributed by atoms with E-state index in [-0.39, 0.29) is 11.9 Å². The Balaban J connectivity index is 2.80. The number of hydrogen-bond acceptors (Lipinski definition) is 2. The number of nitrogens with two attached hydrogens (primary N) is 4. The van der Waals surface area contributed by atoms with Crippen molar-refractivity contribution in [2.75, 3.05) is 0 Å². The van der Waals surface area contributed by atoms with Crippen LogP contribution in [0.5, 0.6) is 0 Å². The first-order valence-electron chi connectivity index (χ1n) is 5.29. The third-order valence-electron chi connectivity index (χ3n) is 2.36. The molecule has 0 radical (unpaired) electrons. The summed E-state index contributed by atoms with van der Waals surface area (Å²) in [6, 6.07) is 11.2. The zero-order valence-corrected chi connectivity index (χ0v) is 9.67. The van der Waals surface area contributed by atoms with Crippen molar-refractivity contribution in [2.45, 2.75) is 0 Å². The summed E-state index contributed by atoms with van der Waals surface area (Å²) >= 11 is 0. The van der Waals surface area contributed by atoms with Crippen molar-refractivity contribution in [3.05, 3.63) is 36.4 Å². The lowest BCUT2D eigenvalue weighted by Crippen LogP contribution is -2.22. The van der Waals surface area contributed by atoms with Crippen LogP contribution in [0, 0.1) is 0 Å². The smallest absolute Gasteiger partial charge is 0.191 e. The van der Waals surface area contributed by atoms with E-state index in [1.807, 2.05) is 24.3 Å². The molecular weight excluding hydrogens is 228 g/mol. The molecule has 0 atom stereocenters. The largest absolute Gasteiger partial charge is 0.370 e. The van der Waals surface area contributed by atoms with Gasteiger partial charge in [-0.3, -0.25) is 0 Å². The van der Waals surface area contributed by atoms with Crippen molar-refractivity contribution >= 4 is 34.1 Å². The second kappa shape index (κ2) is 4.62. The molecule has 6 nitrogen and oxygen atoms in total. The normalized spacial score (nSPS) is 10.0. The van der Waals surface area contributed by atoms with Gasteiger partial charge in [0.25, 0.3) is 0 Å². The Morgan fingerprint density at radius 1 is 0.722 bits per heavy atom. The monoisotopic (exact) mass is 242 g/mol. The Hall–Kier alpha value is -2.76. The minimum Gasteiger partial charge on any atom is -0.370 e. The van der Waals surface area contributed by atoms with Crippen LogP contribution in [-0.4, -0.2) is 11.9 Å². The van der Waals surface area contributed by atoms with Gasteiger partial charge in [-0.1, -0.05) is 24.3 Å². The predicted molar refractivity (Wildman–Crippen MR) is 74.9 cm³/mol. The van der Waals surface area contributed by atoms with Crippen LogP contribution in [0.15, 0.2) is 46.4 Å². The molecule has 18 heavy (non-hydrogen) atoms. The van der Waals surface area contributed by atoms with Crippen molar-refractivity contribution in [1.82, 2.24) is 0 Å². The Bertz CT molecular complexity index is 583. The highest BCUT2D eigenvalue weighted by molar-refractivity contribution is 6.03. The summed E-state index contributed by atoms with van der Waals surface area (Å²) in [6.07, 6.45) is 0. The van der Waals surface area contributed by atoms with Crippen molar-refractivity contribution in [2.24, 2.45) is 32.9 Å². The van der Waals surface area contributed by atoms with E-state index in [4.69, 9.17) is 22.9 Å². The molecule has 0 amide bonds. The van der Waals surface area contributed by atoms with E-state index in [0.29, 0.717) is 11.4 Å². The van der Waals surface area contributed by atoms with Crippen molar-refractivity contribution in [1.29, 1.82) is 0 Å². The molecule has 0 aliphatic heterocycles. The Morgan fingerprint density at radius 2 is 1.17 bits per heavy atom. The lowest BCUT2D eigenvalue weighted by atomic mass is 10.1. The van der Waals surface area contributed by atoms with Gasteiger partial charge in [0.05, 0.1) is 11.4 Å². The quantitative estimate of drug-likeness (QED) is 0.455. The van der Waals surface area contributed by atoms with Gasteiger partial charge in [-0.15, -0.1) is 0 Å². The Kier molecular flexibility index (Phi) is 3.01. The highest BCUT2D eigenvalue weighted by Crippen LogP contribution is 2.34. The number of hydrogen-bond donors (Lipinski definition) is 4. The van der Waals surface area contributed by atoms with Crippen LogP contribution in [0.3, 0.4) is 0 Å². The van der Waals surface area contributed by atoms with Gasteiger partial charge in [-0.2, -0.15) is 0 Å². The van der Waals surface area contributed by atoms with Gasteiger partial charge < -0.3 is 22.9 Å². The molecule has 0 saturated heterocycles. The number of benzene rings is 2. The maximum atomic E-state index is 5.41. The molecule has 0 heterocycles. The van der Waals surface area contributed by atoms with E-state index in [1.165, 1.54) is 0 Å². The van der Waals surface area contributed by atoms with Gasteiger partial charge in [0.15, 0.2) is 11.9 Å². The van der Waals surface area contributed by atoms with Crippen LogP contribution < -0.4 is 22.9 Å². The van der Waals surface area contributed by atoms with Crippen molar-refractivity contribution in [3.8, 4) is 0 Å². The fourth-order valence-electron chi connectivity index (χ4n) is 1.77. The second-order valence-corrected chi connectivity index (χ2v) is 3.73. The van der Waals surface area contributed by atoms with E-state index in [1.54, 1.807) is 12.1 Å². The molecule has 2 aromatic carbocycles. The van der Waals surface area contributed by atoms with Crippen molar-refractivity contribution in [3.63, 3.8) is 0 Å². The molecule has 2 rings (SSSR count). The second-order valence-electron chi connectivity index (χ2n) is 3.73. The topological polar surface area (TPSA) is 129 Å². The first kappa shape index (κ1) is 11.7. The fourth-order valence-corrected chi connectivity index (χ4v) is 1.77. The highest BCUT2D eigenvalue weighted by Gasteiger charge is 2.05. The van der Waals surface area contributed by atoms with E-state index in [9.17, 15) is 0 Å². The van der Waals surface area contributed by atoms with E-state index < -0.39 is 0 Å². The van der Waals surface area contributed by atoms with E-state index in [0.717, 1.165) is 10.8 Å². The molecule has 6 heteroatoms. The fraction of sp³-hybridized carbons (Fsp3) is 0. The van der Waals surface area contributed by atoms with Gasteiger partial charge >= 0.3 is 0 Å². The molecule has 8 N–H and O–H groups in total. The zero-order chi connectivity index (χ0) is 13.1. The average molecular weight is 242 g/mol. The van der Waals surface area contributed by atoms with Gasteiger partial charge in [0.1, 0.15) is 0 Å². The molecular formula is C12H14N6. The SMILES string of the molecule is NC(N)=Nc1cccc2cccc(N=C(N)N)c12. The lowest BCUT2D eigenvalue weighted by molar-refractivity contribution is 1.42. The van der Waals surface area contributed by atoms with Crippen LogP contribution in [0.25, 0.3) is 10.8 Å². The number of rotatable bonds is 2. The number of guanidine groups is 2. The minimum absolute atomic E-state index is 0.0120. The van der Waals surface area contributed by atoms with Crippen molar-refractivity contribution < 1.29 is 0 Å². The van der Waals surface area contributed by atoms with Crippen LogP contribution in [0.4, 0.5) is 11.4 Å². The molecule has 0 aliphatic rings. The van der Waals surface area contributed by atoms with E-state index >= 15 is 0 Å². The van der Waals surface area contributed by atoms with Crippen LogP contribution >= 0.6 is 0 Å². The lowest BCUT2D eigenvalue weighted by Gasteiger charge is -2.06. The molecule has 92 valence electrons. The van der Waals surface area contributed by atoms with Crippen LogP contribution in [-0.2, 0) is 0 Å². The molecule has 0 spiro atoms. The molecule has 0 aliphatic carbocycles. The summed E-state index contributed by atoms with van der Waals surface area (Å²) in [7, 11) is 0. The standard InChI is InChI=1S/C12H14N6/c13-11(14)17-8-5-1-3-7-4-2-6-9(10(7)8)18-12(15)16/h1-6H,(H4,13,14,17)(H4,15,16,18). The van der Waals surface area contributed by atoms with E-state index in [2.05, 4.69) is 9.98 Å². The Labute approximate surface area is 104 Å². The molecule has 0 bridgehead atoms. The number of aliphatic imine (C=N–C) groups is 2. The predicted octanol–water partition coefficient (Wildman–Crippen LogP) is 0.650. The summed E-state index contributed by atoms with van der Waals surface area (Å²) in [6.45, 7) is 0. The molecule has 0 fully saturated rings.